The highest BCUT2D eigenvalue weighted by Gasteiger charge is 2.26. The minimum Gasteiger partial charge on any atom is -0.492 e. The summed E-state index contributed by atoms with van der Waals surface area (Å²) in [5.74, 6) is -2.32. The van der Waals surface area contributed by atoms with Gasteiger partial charge in [0.15, 0.2) is 17.4 Å². The molecule has 4 heteroatoms. The van der Waals surface area contributed by atoms with Gasteiger partial charge in [-0.25, -0.2) is 8.78 Å². The van der Waals surface area contributed by atoms with E-state index in [4.69, 9.17) is 4.74 Å². The van der Waals surface area contributed by atoms with Gasteiger partial charge >= 0.3 is 0 Å². The molecule has 0 amide bonds. The van der Waals surface area contributed by atoms with Crippen LogP contribution in [0.5, 0.6) is 5.75 Å². The van der Waals surface area contributed by atoms with Crippen LogP contribution in [0.25, 0.3) is 0 Å². The molecule has 0 N–H and O–H groups in total. The number of hydrogen-bond donors (Lipinski definition) is 0. The van der Waals surface area contributed by atoms with E-state index in [1.54, 1.807) is 6.92 Å². The summed E-state index contributed by atoms with van der Waals surface area (Å²) in [7, 11) is 0. The topological polar surface area (TPSA) is 26.3 Å². The zero-order chi connectivity index (χ0) is 10.3. The molecule has 0 bridgehead atoms. The third-order valence-corrected chi connectivity index (χ3v) is 2.21. The molecule has 0 spiro atoms. The molecule has 14 heavy (non-hydrogen) atoms. The molecule has 0 unspecified atom stereocenters. The fourth-order valence-electron chi connectivity index (χ4n) is 1.54. The number of aryl methyl sites for hydroxylation is 1. The van der Waals surface area contributed by atoms with Crippen molar-refractivity contribution in [3.63, 3.8) is 0 Å². The summed E-state index contributed by atoms with van der Waals surface area (Å²) in [4.78, 5) is 11.3. The van der Waals surface area contributed by atoms with E-state index in [1.807, 2.05) is 0 Å². The molecule has 2 rings (SSSR count). The normalized spacial score (nSPS) is 14.9. The first-order valence-electron chi connectivity index (χ1n) is 4.26. The van der Waals surface area contributed by atoms with Crippen molar-refractivity contribution < 1.29 is 18.3 Å². The van der Waals surface area contributed by atoms with Crippen LogP contribution in [0.4, 0.5) is 8.78 Å². The number of benzene rings is 1. The number of hydrogen-bond acceptors (Lipinski definition) is 2. The Morgan fingerprint density at radius 2 is 2.14 bits per heavy atom. The molecular weight excluding hydrogens is 190 g/mol. The van der Waals surface area contributed by atoms with E-state index >= 15 is 0 Å². The molecule has 0 radical (unpaired) electrons. The number of carbonyl (C=O) groups is 1. The Bertz CT molecular complexity index is 413. The maximum Gasteiger partial charge on any atom is 0.173 e. The maximum atomic E-state index is 13.2. The molecule has 0 saturated carbocycles. The lowest BCUT2D eigenvalue weighted by Gasteiger charge is -2.18. The van der Waals surface area contributed by atoms with Gasteiger partial charge in [0.2, 0.25) is 0 Å². The summed E-state index contributed by atoms with van der Waals surface area (Å²) in [6, 6.07) is 1.03. The SMILES string of the molecule is Cc1cc(F)c(F)c2c1OCCC2=O. The van der Waals surface area contributed by atoms with Gasteiger partial charge in [0.1, 0.15) is 5.75 Å². The van der Waals surface area contributed by atoms with Gasteiger partial charge in [-0.3, -0.25) is 4.79 Å². The molecular formula is C10H8F2O2. The Labute approximate surface area is 79.5 Å². The minimum atomic E-state index is -1.10. The predicted octanol–water partition coefficient (Wildman–Crippen LogP) is 2.24. The minimum absolute atomic E-state index is 0.104. The van der Waals surface area contributed by atoms with Crippen LogP contribution in [-0.2, 0) is 0 Å². The van der Waals surface area contributed by atoms with E-state index < -0.39 is 17.4 Å². The number of rotatable bonds is 0. The fraction of sp³-hybridized carbons (Fsp3) is 0.300. The summed E-state index contributed by atoms with van der Waals surface area (Å²) in [6.45, 7) is 1.82. The maximum absolute atomic E-state index is 13.2. The van der Waals surface area contributed by atoms with Crippen LogP contribution in [0.15, 0.2) is 6.07 Å². The van der Waals surface area contributed by atoms with Crippen LogP contribution in [0.3, 0.4) is 0 Å². The van der Waals surface area contributed by atoms with E-state index in [1.165, 1.54) is 0 Å². The molecule has 0 fully saturated rings. The molecule has 74 valence electrons. The van der Waals surface area contributed by atoms with Gasteiger partial charge in [0.05, 0.1) is 12.2 Å². The first-order chi connectivity index (χ1) is 6.61. The Morgan fingerprint density at radius 3 is 2.86 bits per heavy atom. The van der Waals surface area contributed by atoms with Crippen LogP contribution in [-0.4, -0.2) is 12.4 Å². The Kier molecular flexibility index (Phi) is 1.98. The average molecular weight is 198 g/mol. The standard InChI is InChI=1S/C10H8F2O2/c1-5-4-6(11)9(12)8-7(13)2-3-14-10(5)8/h4H,2-3H2,1H3. The zero-order valence-corrected chi connectivity index (χ0v) is 7.56. The number of carbonyl (C=O) groups excluding carboxylic acids is 1. The van der Waals surface area contributed by atoms with Crippen molar-refractivity contribution in [2.24, 2.45) is 0 Å². The molecule has 2 nitrogen and oxygen atoms in total. The highest BCUT2D eigenvalue weighted by atomic mass is 19.2. The largest absolute Gasteiger partial charge is 0.492 e. The van der Waals surface area contributed by atoms with Crippen molar-refractivity contribution in [2.45, 2.75) is 13.3 Å². The number of Topliss-reactive ketones (excluding diaryl/α,β-unsaturated/α-hetero) is 1. The van der Waals surface area contributed by atoms with Crippen LogP contribution >= 0.6 is 0 Å². The predicted molar refractivity (Wildman–Crippen MR) is 45.5 cm³/mol. The van der Waals surface area contributed by atoms with Crippen LogP contribution in [0, 0.1) is 18.6 Å². The lowest BCUT2D eigenvalue weighted by Crippen LogP contribution is -2.18. The summed E-state index contributed by atoms with van der Waals surface area (Å²) < 4.78 is 31.3. The highest BCUT2D eigenvalue weighted by Crippen LogP contribution is 2.32. The van der Waals surface area contributed by atoms with E-state index in [2.05, 4.69) is 0 Å². The van der Waals surface area contributed by atoms with Gasteiger partial charge < -0.3 is 4.74 Å². The Morgan fingerprint density at radius 1 is 1.43 bits per heavy atom. The molecule has 1 aliphatic heterocycles. The first kappa shape index (κ1) is 9.12. The number of ketones is 1. The van der Waals surface area contributed by atoms with Crippen LogP contribution < -0.4 is 4.74 Å². The van der Waals surface area contributed by atoms with Crippen molar-refractivity contribution in [3.8, 4) is 5.75 Å². The van der Waals surface area contributed by atoms with Gasteiger partial charge in [-0.05, 0) is 18.6 Å². The number of fused-ring (bicyclic) bond motifs is 1. The van der Waals surface area contributed by atoms with Gasteiger partial charge in [-0.1, -0.05) is 0 Å². The Hall–Kier alpha value is -1.45. The first-order valence-corrected chi connectivity index (χ1v) is 4.26. The summed E-state index contributed by atoms with van der Waals surface area (Å²) in [5, 5.41) is 0. The van der Waals surface area contributed by atoms with Crippen LogP contribution in [0.2, 0.25) is 0 Å². The quantitative estimate of drug-likeness (QED) is 0.639. The van der Waals surface area contributed by atoms with Crippen LogP contribution in [0.1, 0.15) is 22.3 Å². The molecule has 1 heterocycles. The average Bonchev–Trinajstić information content (AvgIpc) is 2.14. The zero-order valence-electron chi connectivity index (χ0n) is 7.56. The van der Waals surface area contributed by atoms with Gasteiger partial charge in [0.25, 0.3) is 0 Å². The highest BCUT2D eigenvalue weighted by molar-refractivity contribution is 6.00. The summed E-state index contributed by atoms with van der Waals surface area (Å²) in [6.07, 6.45) is 0.104. The third-order valence-electron chi connectivity index (χ3n) is 2.21. The van der Waals surface area contributed by atoms with Crippen molar-refractivity contribution in [2.75, 3.05) is 6.61 Å². The lowest BCUT2D eigenvalue weighted by molar-refractivity contribution is 0.0925. The Balaban J connectivity index is 2.73. The van der Waals surface area contributed by atoms with Crippen molar-refractivity contribution >= 4 is 5.78 Å². The van der Waals surface area contributed by atoms with Crippen molar-refractivity contribution in [1.29, 1.82) is 0 Å². The third kappa shape index (κ3) is 1.18. The second-order valence-corrected chi connectivity index (χ2v) is 3.22. The van der Waals surface area contributed by atoms with Gasteiger partial charge in [-0.2, -0.15) is 0 Å². The van der Waals surface area contributed by atoms with E-state index in [0.717, 1.165) is 6.07 Å². The second kappa shape index (κ2) is 3.04. The number of halogens is 2. The van der Waals surface area contributed by atoms with Gasteiger partial charge in [0, 0.05) is 6.42 Å². The number of ether oxygens (including phenoxy) is 1. The summed E-state index contributed by atoms with van der Waals surface area (Å²) in [5.41, 5.74) is 0.209. The van der Waals surface area contributed by atoms with E-state index in [-0.39, 0.29) is 24.3 Å². The molecule has 1 aromatic rings. The second-order valence-electron chi connectivity index (χ2n) is 3.22. The molecule has 1 aromatic carbocycles. The van der Waals surface area contributed by atoms with Crippen molar-refractivity contribution in [3.05, 3.63) is 28.8 Å². The fourth-order valence-corrected chi connectivity index (χ4v) is 1.54. The lowest BCUT2D eigenvalue weighted by atomic mass is 10.0. The van der Waals surface area contributed by atoms with E-state index in [9.17, 15) is 13.6 Å². The smallest absolute Gasteiger partial charge is 0.173 e. The summed E-state index contributed by atoms with van der Waals surface area (Å²) >= 11 is 0. The molecule has 1 aliphatic rings. The molecule has 0 aliphatic carbocycles. The van der Waals surface area contributed by atoms with E-state index in [0.29, 0.717) is 5.56 Å². The molecule has 0 atom stereocenters. The van der Waals surface area contributed by atoms with Crippen molar-refractivity contribution in [1.82, 2.24) is 0 Å². The molecule has 0 aromatic heterocycles. The van der Waals surface area contributed by atoms with Gasteiger partial charge in [-0.15, -0.1) is 0 Å². The molecule has 0 saturated heterocycles. The monoisotopic (exact) mass is 198 g/mol.